The van der Waals surface area contributed by atoms with Crippen LogP contribution in [0.1, 0.15) is 20.3 Å². The second kappa shape index (κ2) is 2.84. The van der Waals surface area contributed by atoms with E-state index < -0.39 is 21.4 Å². The second-order valence-electron chi connectivity index (χ2n) is 1.87. The first-order chi connectivity index (χ1) is 4.37. The number of hydrogen-bond acceptors (Lipinski definition) is 1. The molecule has 0 aliphatic heterocycles. The van der Waals surface area contributed by atoms with Gasteiger partial charge in [0.25, 0.3) is 0 Å². The topological polar surface area (TPSA) is 43.1 Å². The lowest BCUT2D eigenvalue weighted by Gasteiger charge is -2.15. The van der Waals surface area contributed by atoms with Gasteiger partial charge in [-0.15, -0.1) is 0 Å². The highest BCUT2D eigenvalue weighted by Gasteiger charge is 2.35. The van der Waals surface area contributed by atoms with Crippen molar-refractivity contribution in [2.75, 3.05) is 0 Å². The van der Waals surface area contributed by atoms with Gasteiger partial charge in [-0.1, -0.05) is 6.92 Å². The fourth-order valence-electron chi connectivity index (χ4n) is 0.398. The summed E-state index contributed by atoms with van der Waals surface area (Å²) in [6, 6.07) is 0. The second-order valence-corrected chi connectivity index (χ2v) is 4.24. The van der Waals surface area contributed by atoms with E-state index in [0.29, 0.717) is 0 Å². The van der Waals surface area contributed by atoms with Gasteiger partial charge in [0.2, 0.25) is 0 Å². The lowest BCUT2D eigenvalue weighted by molar-refractivity contribution is 0.0937. The average molecular weight is 171 g/mol. The van der Waals surface area contributed by atoms with Crippen LogP contribution in [0.4, 0.5) is 8.78 Å². The van der Waals surface area contributed by atoms with Gasteiger partial charge in [-0.05, 0) is 12.3 Å². The average Bonchev–Trinajstić information content (AvgIpc) is 1.88. The molecule has 0 aromatic rings. The van der Waals surface area contributed by atoms with Crippen LogP contribution in [0.3, 0.4) is 0 Å². The zero-order chi connectivity index (χ0) is 8.41. The Hall–Kier alpha value is -0.160. The van der Waals surface area contributed by atoms with Crippen molar-refractivity contribution in [2.45, 2.75) is 25.5 Å². The molecule has 0 saturated heterocycles. The highest BCUT2D eigenvalue weighted by molar-refractivity contribution is 8.00. The Balaban J connectivity index is 4.83. The summed E-state index contributed by atoms with van der Waals surface area (Å²) >= 11 is 0. The number of rotatable bonds is 2. The van der Waals surface area contributed by atoms with Crippen molar-refractivity contribution in [3.63, 3.8) is 0 Å². The molecule has 2 N–H and O–H groups in total. The fraction of sp³-hybridized carbons (Fsp3) is 0.800. The summed E-state index contributed by atoms with van der Waals surface area (Å²) < 4.78 is 35.8. The molecule has 0 saturated carbocycles. The van der Waals surface area contributed by atoms with E-state index in [1.54, 1.807) is 0 Å². The first-order valence-electron chi connectivity index (χ1n) is 2.86. The molecule has 0 amide bonds. The molecule has 0 bridgehead atoms. The minimum atomic E-state index is -3.56. The standard InChI is InChI=1S/C5H11F2NOS/c1-3-5(6,7)10(8,9)4-2/h4H,3H2,1-2H3,(H2,8,9). The lowest BCUT2D eigenvalue weighted by atomic mass is 10.5. The van der Waals surface area contributed by atoms with Crippen LogP contribution >= 0.6 is 0 Å². The molecule has 2 nitrogen and oxygen atoms in total. The number of nitrogens with two attached hydrogens (primary N) is 1. The first kappa shape index (κ1) is 9.84. The Labute approximate surface area is 59.6 Å². The molecule has 0 radical (unpaired) electrons. The summed E-state index contributed by atoms with van der Waals surface area (Å²) in [7, 11) is -3.56. The van der Waals surface area contributed by atoms with Crippen molar-refractivity contribution in [2.24, 2.45) is 5.14 Å². The van der Waals surface area contributed by atoms with Crippen LogP contribution in [0, 0.1) is 0 Å². The van der Waals surface area contributed by atoms with Crippen molar-refractivity contribution in [1.82, 2.24) is 0 Å². The third-order valence-electron chi connectivity index (χ3n) is 1.23. The summed E-state index contributed by atoms with van der Waals surface area (Å²) in [6.07, 6.45) is -0.493. The van der Waals surface area contributed by atoms with Crippen molar-refractivity contribution in [1.29, 1.82) is 0 Å². The molecule has 62 valence electrons. The quantitative estimate of drug-likeness (QED) is 0.618. The maximum Gasteiger partial charge on any atom is 0.325 e. The molecule has 1 unspecified atom stereocenters. The lowest BCUT2D eigenvalue weighted by Crippen LogP contribution is -2.35. The van der Waals surface area contributed by atoms with Gasteiger partial charge in [-0.25, -0.2) is 4.21 Å². The molecule has 0 spiro atoms. The SMILES string of the molecule is CC=S(N)(=O)C(F)(F)CC. The molecule has 0 aromatic carbocycles. The van der Waals surface area contributed by atoms with Gasteiger partial charge in [0, 0.05) is 6.42 Å². The third-order valence-corrected chi connectivity index (χ3v) is 3.15. The molecule has 1 atom stereocenters. The molecule has 0 aromatic heterocycles. The predicted octanol–water partition coefficient (Wildman–Crippen LogP) is 0.969. The van der Waals surface area contributed by atoms with Crippen LogP contribution in [0.25, 0.3) is 0 Å². The number of alkyl halides is 2. The fourth-order valence-corrected chi connectivity index (χ4v) is 1.19. The van der Waals surface area contributed by atoms with Gasteiger partial charge in [-0.3, -0.25) is 5.14 Å². The van der Waals surface area contributed by atoms with Crippen molar-refractivity contribution in [3.8, 4) is 0 Å². The zero-order valence-electron chi connectivity index (χ0n) is 5.93. The van der Waals surface area contributed by atoms with E-state index in [4.69, 9.17) is 5.14 Å². The Morgan fingerprint density at radius 1 is 1.70 bits per heavy atom. The third kappa shape index (κ3) is 1.67. The summed E-state index contributed by atoms with van der Waals surface area (Å²) in [4.78, 5) is 0. The normalized spacial score (nSPS) is 18.1. The van der Waals surface area contributed by atoms with Crippen molar-refractivity contribution < 1.29 is 13.0 Å². The van der Waals surface area contributed by atoms with Crippen LogP contribution in [-0.4, -0.2) is 14.8 Å². The van der Waals surface area contributed by atoms with Crippen LogP contribution in [0.15, 0.2) is 0 Å². The Morgan fingerprint density at radius 2 is 2.10 bits per heavy atom. The van der Waals surface area contributed by atoms with E-state index in [9.17, 15) is 13.0 Å². The van der Waals surface area contributed by atoms with E-state index in [2.05, 4.69) is 0 Å². The largest absolute Gasteiger partial charge is 0.325 e. The summed E-state index contributed by atoms with van der Waals surface area (Å²) in [5.41, 5.74) is 0. The van der Waals surface area contributed by atoms with Crippen LogP contribution in [0.2, 0.25) is 0 Å². The molecule has 0 aliphatic carbocycles. The number of halogens is 2. The molecule has 0 fully saturated rings. The van der Waals surface area contributed by atoms with Gasteiger partial charge in [-0.2, -0.15) is 8.78 Å². The highest BCUT2D eigenvalue weighted by Crippen LogP contribution is 2.22. The minimum Gasteiger partial charge on any atom is -0.254 e. The van der Waals surface area contributed by atoms with Gasteiger partial charge in [0.05, 0.1) is 9.71 Å². The zero-order valence-corrected chi connectivity index (χ0v) is 6.75. The predicted molar refractivity (Wildman–Crippen MR) is 39.3 cm³/mol. The van der Waals surface area contributed by atoms with Crippen molar-refractivity contribution >= 4 is 15.1 Å². The van der Waals surface area contributed by atoms with Crippen LogP contribution in [-0.2, 0) is 9.71 Å². The van der Waals surface area contributed by atoms with Crippen molar-refractivity contribution in [3.05, 3.63) is 0 Å². The summed E-state index contributed by atoms with van der Waals surface area (Å²) in [6.45, 7) is 2.52. The highest BCUT2D eigenvalue weighted by atomic mass is 32.2. The molecular weight excluding hydrogens is 160 g/mol. The monoisotopic (exact) mass is 171 g/mol. The van der Waals surface area contributed by atoms with Gasteiger partial charge in [0.1, 0.15) is 0 Å². The van der Waals surface area contributed by atoms with Gasteiger partial charge >= 0.3 is 5.25 Å². The molecular formula is C5H11F2NOS. The maximum atomic E-state index is 12.5. The van der Waals surface area contributed by atoms with Crippen LogP contribution < -0.4 is 5.14 Å². The Kier molecular flexibility index (Phi) is 2.79. The summed E-state index contributed by atoms with van der Waals surface area (Å²) in [5, 5.41) is 2.42. The molecule has 0 rings (SSSR count). The van der Waals surface area contributed by atoms with E-state index in [-0.39, 0.29) is 0 Å². The van der Waals surface area contributed by atoms with E-state index in [1.165, 1.54) is 13.8 Å². The smallest absolute Gasteiger partial charge is 0.254 e. The first-order valence-corrected chi connectivity index (χ1v) is 4.54. The Morgan fingerprint density at radius 3 is 2.20 bits per heavy atom. The van der Waals surface area contributed by atoms with Gasteiger partial charge < -0.3 is 0 Å². The molecule has 0 aliphatic rings. The molecule has 5 heteroatoms. The molecule has 0 heterocycles. The molecule has 10 heavy (non-hydrogen) atoms. The van der Waals surface area contributed by atoms with Gasteiger partial charge in [0.15, 0.2) is 0 Å². The van der Waals surface area contributed by atoms with E-state index in [0.717, 1.165) is 5.37 Å². The Bertz CT molecular complexity index is 218. The number of hydrogen-bond donors (Lipinski definition) is 1. The van der Waals surface area contributed by atoms with E-state index in [1.807, 2.05) is 0 Å². The van der Waals surface area contributed by atoms with Crippen LogP contribution in [0.5, 0.6) is 0 Å². The van der Waals surface area contributed by atoms with E-state index >= 15 is 0 Å². The minimum absolute atomic E-state index is 0.493. The summed E-state index contributed by atoms with van der Waals surface area (Å²) in [5.74, 6) is 0. The maximum absolute atomic E-state index is 12.5.